The SMILES string of the molecule is O=C(NS(=O)(=O)c1ccc(N2CCC(O)C2)nc1)c1cnc2ccc(N3CCCC3c3cc(F)ccc3F)cn12. The summed E-state index contributed by atoms with van der Waals surface area (Å²) < 4.78 is 57.9. The van der Waals surface area contributed by atoms with E-state index in [0.717, 1.165) is 18.6 Å². The van der Waals surface area contributed by atoms with Gasteiger partial charge in [0, 0.05) is 37.6 Å². The quantitative estimate of drug-likeness (QED) is 0.364. The zero-order chi connectivity index (χ0) is 28.0. The number of aromatic nitrogens is 3. The Morgan fingerprint density at radius 3 is 2.62 bits per heavy atom. The summed E-state index contributed by atoms with van der Waals surface area (Å²) in [4.78, 5) is 25.1. The van der Waals surface area contributed by atoms with Crippen molar-refractivity contribution in [1.29, 1.82) is 0 Å². The van der Waals surface area contributed by atoms with E-state index in [9.17, 15) is 27.1 Å². The van der Waals surface area contributed by atoms with Crippen LogP contribution in [0.25, 0.3) is 5.65 Å². The highest BCUT2D eigenvalue weighted by Crippen LogP contribution is 2.37. The molecular weight excluding hydrogens is 542 g/mol. The lowest BCUT2D eigenvalue weighted by molar-refractivity contribution is 0.0975. The molecule has 2 N–H and O–H groups in total. The van der Waals surface area contributed by atoms with Crippen molar-refractivity contribution in [3.05, 3.63) is 83.9 Å². The summed E-state index contributed by atoms with van der Waals surface area (Å²) in [6.45, 7) is 1.63. The maximum Gasteiger partial charge on any atom is 0.283 e. The molecule has 0 radical (unpaired) electrons. The molecule has 2 fully saturated rings. The maximum absolute atomic E-state index is 14.6. The molecule has 1 aromatic carbocycles. The normalized spacial score (nSPS) is 19.5. The summed E-state index contributed by atoms with van der Waals surface area (Å²) in [7, 11) is -4.24. The second kappa shape index (κ2) is 10.1. The number of pyridine rings is 2. The van der Waals surface area contributed by atoms with E-state index >= 15 is 0 Å². The second-order valence-corrected chi connectivity index (χ2v) is 11.6. The Balaban J connectivity index is 1.24. The van der Waals surface area contributed by atoms with Gasteiger partial charge in [-0.05, 0) is 61.7 Å². The van der Waals surface area contributed by atoms with Gasteiger partial charge in [0.15, 0.2) is 0 Å². The first-order valence-corrected chi connectivity index (χ1v) is 14.3. The van der Waals surface area contributed by atoms with Crippen LogP contribution in [-0.2, 0) is 10.0 Å². The predicted molar refractivity (Wildman–Crippen MR) is 143 cm³/mol. The zero-order valence-corrected chi connectivity index (χ0v) is 22.1. The monoisotopic (exact) mass is 568 g/mol. The number of carbonyl (C=O) groups excluding carboxylic acids is 1. The summed E-state index contributed by atoms with van der Waals surface area (Å²) in [5, 5.41) is 9.72. The van der Waals surface area contributed by atoms with Crippen molar-refractivity contribution in [1.82, 2.24) is 19.1 Å². The third-order valence-corrected chi connectivity index (χ3v) is 8.69. The third-order valence-electron chi connectivity index (χ3n) is 7.37. The molecule has 2 atom stereocenters. The summed E-state index contributed by atoms with van der Waals surface area (Å²) in [5.74, 6) is -1.36. The largest absolute Gasteiger partial charge is 0.391 e. The van der Waals surface area contributed by atoms with E-state index in [4.69, 9.17) is 0 Å². The lowest BCUT2D eigenvalue weighted by atomic mass is 10.0. The van der Waals surface area contributed by atoms with E-state index in [1.165, 1.54) is 35.0 Å². The van der Waals surface area contributed by atoms with Crippen molar-refractivity contribution in [2.75, 3.05) is 29.4 Å². The third kappa shape index (κ3) is 4.86. The lowest BCUT2D eigenvalue weighted by Crippen LogP contribution is -2.31. The number of amides is 1. The number of rotatable bonds is 6. The van der Waals surface area contributed by atoms with Crippen LogP contribution in [-0.4, -0.2) is 59.5 Å². The van der Waals surface area contributed by atoms with Crippen LogP contribution in [0.1, 0.15) is 41.4 Å². The van der Waals surface area contributed by atoms with Gasteiger partial charge < -0.3 is 14.9 Å². The Kier molecular flexibility index (Phi) is 6.62. The highest BCUT2D eigenvalue weighted by atomic mass is 32.2. The van der Waals surface area contributed by atoms with Gasteiger partial charge in [-0.25, -0.2) is 31.9 Å². The molecule has 1 amide bonds. The molecule has 5 heterocycles. The molecule has 10 nitrogen and oxygen atoms in total. The first-order valence-electron chi connectivity index (χ1n) is 12.8. The molecule has 2 aliphatic heterocycles. The molecule has 0 spiro atoms. The van der Waals surface area contributed by atoms with Gasteiger partial charge in [0.2, 0.25) is 0 Å². The van der Waals surface area contributed by atoms with Crippen molar-refractivity contribution in [3.8, 4) is 0 Å². The van der Waals surface area contributed by atoms with Crippen LogP contribution in [0, 0.1) is 11.6 Å². The Hall–Kier alpha value is -4.10. The van der Waals surface area contributed by atoms with Crippen molar-refractivity contribution in [2.24, 2.45) is 0 Å². The Morgan fingerprint density at radius 2 is 1.88 bits per heavy atom. The summed E-state index contributed by atoms with van der Waals surface area (Å²) in [6.07, 6.45) is 5.63. The number of hydrogen-bond donors (Lipinski definition) is 2. The number of imidazole rings is 1. The van der Waals surface area contributed by atoms with Crippen LogP contribution in [0.5, 0.6) is 0 Å². The van der Waals surface area contributed by atoms with E-state index < -0.39 is 39.7 Å². The molecule has 3 aromatic heterocycles. The number of anilines is 2. The van der Waals surface area contributed by atoms with E-state index in [2.05, 4.69) is 14.7 Å². The van der Waals surface area contributed by atoms with Crippen LogP contribution in [0.4, 0.5) is 20.3 Å². The van der Waals surface area contributed by atoms with Gasteiger partial charge in [0.25, 0.3) is 15.9 Å². The lowest BCUT2D eigenvalue weighted by Gasteiger charge is -2.27. The van der Waals surface area contributed by atoms with Crippen molar-refractivity contribution >= 4 is 33.1 Å². The molecule has 2 aliphatic rings. The fourth-order valence-electron chi connectivity index (χ4n) is 5.38. The second-order valence-electron chi connectivity index (χ2n) is 9.95. The number of aliphatic hydroxyl groups is 1. The first kappa shape index (κ1) is 26.1. The first-order chi connectivity index (χ1) is 19.2. The topological polar surface area (TPSA) is 120 Å². The molecule has 2 unspecified atom stereocenters. The van der Waals surface area contributed by atoms with E-state index in [1.54, 1.807) is 18.3 Å². The van der Waals surface area contributed by atoms with Crippen molar-refractivity contribution < 1.29 is 27.1 Å². The number of nitrogens with one attached hydrogen (secondary N) is 1. The van der Waals surface area contributed by atoms with Gasteiger partial charge in [-0.3, -0.25) is 9.20 Å². The molecule has 4 aromatic rings. The van der Waals surface area contributed by atoms with Gasteiger partial charge in [0.1, 0.15) is 33.7 Å². The molecule has 2 saturated heterocycles. The molecule has 0 bridgehead atoms. The highest BCUT2D eigenvalue weighted by Gasteiger charge is 2.30. The Labute approximate surface area is 228 Å². The fourth-order valence-corrected chi connectivity index (χ4v) is 6.28. The highest BCUT2D eigenvalue weighted by molar-refractivity contribution is 7.90. The zero-order valence-electron chi connectivity index (χ0n) is 21.2. The maximum atomic E-state index is 14.6. The molecule has 6 rings (SSSR count). The standard InChI is InChI=1S/C27H26F2N6O4S/c28-17-3-6-22(29)21(12-17)23-2-1-10-34(23)18-4-7-26-31-14-24(35(26)15-18)27(37)32-40(38,39)20-5-8-25(30-13-20)33-11-9-19(36)16-33/h3-8,12-15,19,23,36H,1-2,9-11,16H2,(H,32,37). The van der Waals surface area contributed by atoms with Crippen LogP contribution in [0.3, 0.4) is 0 Å². The summed E-state index contributed by atoms with van der Waals surface area (Å²) in [6, 6.07) is 9.35. The van der Waals surface area contributed by atoms with Gasteiger partial charge in [-0.1, -0.05) is 0 Å². The minimum atomic E-state index is -4.24. The van der Waals surface area contributed by atoms with Crippen LogP contribution >= 0.6 is 0 Å². The van der Waals surface area contributed by atoms with Crippen LogP contribution < -0.4 is 14.5 Å². The summed E-state index contributed by atoms with van der Waals surface area (Å²) in [5.41, 5.74) is 1.31. The molecule has 0 aliphatic carbocycles. The van der Waals surface area contributed by atoms with Crippen LogP contribution in [0.2, 0.25) is 0 Å². The average molecular weight is 569 g/mol. The minimum Gasteiger partial charge on any atom is -0.391 e. The smallest absolute Gasteiger partial charge is 0.283 e. The number of hydrogen-bond acceptors (Lipinski definition) is 8. The number of fused-ring (bicyclic) bond motifs is 1. The van der Waals surface area contributed by atoms with Gasteiger partial charge in [0.05, 0.1) is 24.0 Å². The molecule has 13 heteroatoms. The van der Waals surface area contributed by atoms with Gasteiger partial charge >= 0.3 is 0 Å². The van der Waals surface area contributed by atoms with Gasteiger partial charge in [-0.2, -0.15) is 0 Å². The van der Waals surface area contributed by atoms with E-state index in [0.29, 0.717) is 49.6 Å². The number of nitrogens with zero attached hydrogens (tertiary/aromatic N) is 5. The van der Waals surface area contributed by atoms with E-state index in [1.807, 2.05) is 9.80 Å². The molecule has 208 valence electrons. The number of carbonyl (C=O) groups is 1. The number of sulfonamides is 1. The predicted octanol–water partition coefficient (Wildman–Crippen LogP) is 3.04. The molecular formula is C27H26F2N6O4S. The number of aliphatic hydroxyl groups excluding tert-OH is 1. The summed E-state index contributed by atoms with van der Waals surface area (Å²) >= 11 is 0. The average Bonchev–Trinajstić information content (AvgIpc) is 3.69. The Bertz CT molecular complexity index is 1700. The van der Waals surface area contributed by atoms with Crippen molar-refractivity contribution in [2.45, 2.75) is 36.3 Å². The number of benzene rings is 1. The minimum absolute atomic E-state index is 0.0104. The fraction of sp³-hybridized carbons (Fsp3) is 0.296. The van der Waals surface area contributed by atoms with Crippen molar-refractivity contribution in [3.63, 3.8) is 0 Å². The Morgan fingerprint density at radius 1 is 1.02 bits per heavy atom. The van der Waals surface area contributed by atoms with Crippen LogP contribution in [0.15, 0.2) is 66.0 Å². The van der Waals surface area contributed by atoms with E-state index in [-0.39, 0.29) is 16.2 Å². The number of halogens is 2. The number of β-amino-alcohol motifs (C(OH)–C–C–N with tert-alkyl or cyclic N) is 1. The molecule has 40 heavy (non-hydrogen) atoms. The molecule has 0 saturated carbocycles. The van der Waals surface area contributed by atoms with Gasteiger partial charge in [-0.15, -0.1) is 0 Å².